The molecule has 0 bridgehead atoms. The van der Waals surface area contributed by atoms with Gasteiger partial charge < -0.3 is 10.0 Å². The summed E-state index contributed by atoms with van der Waals surface area (Å²) in [6.07, 6.45) is 0.392. The summed E-state index contributed by atoms with van der Waals surface area (Å²) in [5.74, 6) is -0.687. The van der Waals surface area contributed by atoms with Gasteiger partial charge in [0.25, 0.3) is 0 Å². The van der Waals surface area contributed by atoms with Crippen molar-refractivity contribution in [3.05, 3.63) is 0 Å². The van der Waals surface area contributed by atoms with Gasteiger partial charge in [0.05, 0.1) is 11.8 Å². The molecule has 1 rings (SSSR count). The third-order valence-corrected chi connectivity index (χ3v) is 1.99. The molecule has 1 atom stereocenters. The molecule has 0 aromatic heterocycles. The molecule has 1 saturated heterocycles. The Balaban J connectivity index is 2.56. The average molecular weight is 156 g/mol. The van der Waals surface area contributed by atoms with Gasteiger partial charge in [-0.3, -0.25) is 10.2 Å². The molecule has 0 spiro atoms. The maximum absolute atomic E-state index is 10.5. The molecule has 1 aliphatic rings. The minimum absolute atomic E-state index is 0.359. The highest BCUT2D eigenvalue weighted by molar-refractivity contribution is 5.87. The van der Waals surface area contributed by atoms with Crippen LogP contribution in [0, 0.1) is 11.3 Å². The highest BCUT2D eigenvalue weighted by Gasteiger charge is 2.30. The summed E-state index contributed by atoms with van der Waals surface area (Å²) in [6.45, 7) is 3.17. The number of rotatable bonds is 2. The quantitative estimate of drug-likeness (QED) is 0.607. The maximum atomic E-state index is 10.5. The van der Waals surface area contributed by atoms with E-state index in [1.54, 1.807) is 4.90 Å². The number of amidine groups is 1. The molecule has 4 nitrogen and oxygen atoms in total. The fourth-order valence-electron chi connectivity index (χ4n) is 1.29. The van der Waals surface area contributed by atoms with Gasteiger partial charge in [0.15, 0.2) is 0 Å². The van der Waals surface area contributed by atoms with Crippen LogP contribution in [0.4, 0.5) is 0 Å². The van der Waals surface area contributed by atoms with Crippen molar-refractivity contribution in [2.24, 2.45) is 5.92 Å². The number of nitrogens with one attached hydrogen (secondary N) is 1. The number of nitrogens with zero attached hydrogens (tertiary/aromatic N) is 1. The first-order valence-electron chi connectivity index (χ1n) is 3.70. The Morgan fingerprint density at radius 1 is 1.91 bits per heavy atom. The molecule has 1 heterocycles. The van der Waals surface area contributed by atoms with E-state index in [4.69, 9.17) is 10.5 Å². The minimum atomic E-state index is -0.786. The van der Waals surface area contributed by atoms with Crippen molar-refractivity contribution >= 4 is 11.8 Å². The third kappa shape index (κ3) is 1.50. The van der Waals surface area contributed by atoms with Crippen LogP contribution in [0.3, 0.4) is 0 Å². The van der Waals surface area contributed by atoms with Crippen molar-refractivity contribution in [3.8, 4) is 0 Å². The second kappa shape index (κ2) is 2.90. The molecule has 0 aromatic carbocycles. The normalized spacial score (nSPS) is 24.3. The summed E-state index contributed by atoms with van der Waals surface area (Å²) < 4.78 is 0. The Morgan fingerprint density at radius 3 is 2.82 bits per heavy atom. The van der Waals surface area contributed by atoms with Crippen molar-refractivity contribution in [3.63, 3.8) is 0 Å². The van der Waals surface area contributed by atoms with Gasteiger partial charge >= 0.3 is 5.97 Å². The number of carboxylic acid groups (broad SMARTS) is 1. The molecule has 0 saturated carbocycles. The second-order valence-corrected chi connectivity index (χ2v) is 2.72. The van der Waals surface area contributed by atoms with Crippen molar-refractivity contribution in [1.82, 2.24) is 4.90 Å². The summed E-state index contributed by atoms with van der Waals surface area (Å²) in [5, 5.41) is 16.0. The molecular weight excluding hydrogens is 144 g/mol. The molecule has 0 aliphatic carbocycles. The number of carboxylic acids is 1. The Morgan fingerprint density at radius 2 is 2.55 bits per heavy atom. The molecule has 1 aliphatic heterocycles. The maximum Gasteiger partial charge on any atom is 0.308 e. The van der Waals surface area contributed by atoms with Crippen LogP contribution in [0.15, 0.2) is 0 Å². The smallest absolute Gasteiger partial charge is 0.308 e. The fraction of sp³-hybridized carbons (Fsp3) is 0.714. The first-order chi connectivity index (χ1) is 5.15. The standard InChI is InChI=1S/C7H12N2O2/c1-2-9-4-5(7(10)11)3-6(9)8/h5,8H,2-4H2,1H3,(H,10,11). The van der Waals surface area contributed by atoms with Crippen LogP contribution in [0.25, 0.3) is 0 Å². The van der Waals surface area contributed by atoms with E-state index >= 15 is 0 Å². The predicted octanol–water partition coefficient (Wildman–Crippen LogP) is 0.390. The van der Waals surface area contributed by atoms with E-state index in [0.717, 1.165) is 6.54 Å². The van der Waals surface area contributed by atoms with Crippen LogP contribution >= 0.6 is 0 Å². The lowest BCUT2D eigenvalue weighted by molar-refractivity contribution is -0.141. The minimum Gasteiger partial charge on any atom is -0.481 e. The zero-order chi connectivity index (χ0) is 8.43. The number of aliphatic carboxylic acids is 1. The van der Waals surface area contributed by atoms with Crippen LogP contribution in [-0.2, 0) is 4.79 Å². The summed E-state index contributed by atoms with van der Waals surface area (Å²) in [7, 11) is 0. The molecule has 0 aromatic rings. The molecule has 2 N–H and O–H groups in total. The molecule has 62 valence electrons. The van der Waals surface area contributed by atoms with Crippen LogP contribution in [0.1, 0.15) is 13.3 Å². The van der Waals surface area contributed by atoms with Gasteiger partial charge in [0.1, 0.15) is 0 Å². The van der Waals surface area contributed by atoms with Crippen molar-refractivity contribution in [2.45, 2.75) is 13.3 Å². The fourth-order valence-corrected chi connectivity index (χ4v) is 1.29. The third-order valence-electron chi connectivity index (χ3n) is 1.99. The number of likely N-dealkylation sites (tertiary alicyclic amines) is 1. The topological polar surface area (TPSA) is 64.4 Å². The Labute approximate surface area is 65.3 Å². The zero-order valence-corrected chi connectivity index (χ0v) is 6.50. The summed E-state index contributed by atoms with van der Waals surface area (Å²) in [4.78, 5) is 12.3. The van der Waals surface area contributed by atoms with Crippen LogP contribution < -0.4 is 0 Å². The molecule has 0 amide bonds. The Hall–Kier alpha value is -1.06. The summed E-state index contributed by atoms with van der Waals surface area (Å²) in [5.41, 5.74) is 0. The molecule has 1 fully saturated rings. The van der Waals surface area contributed by atoms with Gasteiger partial charge in [-0.25, -0.2) is 0 Å². The largest absolute Gasteiger partial charge is 0.481 e. The van der Waals surface area contributed by atoms with E-state index < -0.39 is 5.97 Å². The molecule has 4 heteroatoms. The summed E-state index contributed by atoms with van der Waals surface area (Å²) >= 11 is 0. The van der Waals surface area contributed by atoms with Gasteiger partial charge in [-0.1, -0.05) is 0 Å². The Kier molecular flexibility index (Phi) is 2.12. The van der Waals surface area contributed by atoms with E-state index in [9.17, 15) is 4.79 Å². The first kappa shape index (κ1) is 8.04. The lowest BCUT2D eigenvalue weighted by Gasteiger charge is -2.13. The van der Waals surface area contributed by atoms with Gasteiger partial charge in [-0.15, -0.1) is 0 Å². The average Bonchev–Trinajstić information content (AvgIpc) is 2.31. The van der Waals surface area contributed by atoms with E-state index in [0.29, 0.717) is 18.8 Å². The highest BCUT2D eigenvalue weighted by atomic mass is 16.4. The zero-order valence-electron chi connectivity index (χ0n) is 6.50. The van der Waals surface area contributed by atoms with Crippen LogP contribution in [0.2, 0.25) is 0 Å². The van der Waals surface area contributed by atoms with Gasteiger partial charge in [0.2, 0.25) is 0 Å². The van der Waals surface area contributed by atoms with E-state index in [-0.39, 0.29) is 5.92 Å². The monoisotopic (exact) mass is 156 g/mol. The van der Waals surface area contributed by atoms with Gasteiger partial charge in [-0.05, 0) is 6.92 Å². The molecule has 11 heavy (non-hydrogen) atoms. The number of carbonyl (C=O) groups is 1. The SMILES string of the molecule is CCN1CC(C(=O)O)CC1=N. The lowest BCUT2D eigenvalue weighted by Crippen LogP contribution is -2.25. The van der Waals surface area contributed by atoms with Gasteiger partial charge in [0, 0.05) is 19.5 Å². The van der Waals surface area contributed by atoms with E-state index in [1.165, 1.54) is 0 Å². The molecular formula is C7H12N2O2. The van der Waals surface area contributed by atoms with Crippen molar-refractivity contribution in [1.29, 1.82) is 5.41 Å². The van der Waals surface area contributed by atoms with E-state index in [1.807, 2.05) is 6.92 Å². The van der Waals surface area contributed by atoms with Crippen LogP contribution in [-0.4, -0.2) is 34.9 Å². The van der Waals surface area contributed by atoms with E-state index in [2.05, 4.69) is 0 Å². The predicted molar refractivity (Wildman–Crippen MR) is 40.7 cm³/mol. The van der Waals surface area contributed by atoms with Crippen molar-refractivity contribution in [2.75, 3.05) is 13.1 Å². The lowest BCUT2D eigenvalue weighted by atomic mass is 10.1. The Bertz CT molecular complexity index is 191. The highest BCUT2D eigenvalue weighted by Crippen LogP contribution is 2.17. The van der Waals surface area contributed by atoms with Crippen LogP contribution in [0.5, 0.6) is 0 Å². The molecule has 0 radical (unpaired) electrons. The molecule has 1 unspecified atom stereocenters. The van der Waals surface area contributed by atoms with Gasteiger partial charge in [-0.2, -0.15) is 0 Å². The summed E-state index contributed by atoms with van der Waals surface area (Å²) in [6, 6.07) is 0. The second-order valence-electron chi connectivity index (χ2n) is 2.72. The first-order valence-corrected chi connectivity index (χ1v) is 3.70. The van der Waals surface area contributed by atoms with Crippen molar-refractivity contribution < 1.29 is 9.90 Å². The number of hydrogen-bond donors (Lipinski definition) is 2. The number of hydrogen-bond acceptors (Lipinski definition) is 2.